The van der Waals surface area contributed by atoms with Gasteiger partial charge in [0.2, 0.25) is 11.8 Å². The number of carboxylic acid groups (broad SMARTS) is 1. The van der Waals surface area contributed by atoms with Crippen LogP contribution in [0.3, 0.4) is 0 Å². The van der Waals surface area contributed by atoms with Gasteiger partial charge in [-0.25, -0.2) is 0 Å². The van der Waals surface area contributed by atoms with Crippen molar-refractivity contribution in [3.8, 4) is 5.75 Å². The Hall–Kier alpha value is -2.90. The largest absolute Gasteiger partial charge is 0.491 e. The van der Waals surface area contributed by atoms with Crippen molar-refractivity contribution >= 4 is 29.4 Å². The van der Waals surface area contributed by atoms with Crippen molar-refractivity contribution in [1.29, 1.82) is 0 Å². The standard InChI is InChI=1S/C28H33ClN2O5/c1-19-15-21(5-10-25(19)36-14-13-31-26(32)11-12-27(31)33)18-30(17-20-3-2-4-20)24(16-28(34)35)22-6-8-23(29)9-7-22/h5-10,15,20,24H,2-4,11-14,16-18H2,1H3,(H,34,35). The molecule has 1 heterocycles. The number of carbonyl (C=O) groups excluding carboxylic acids is 2. The summed E-state index contributed by atoms with van der Waals surface area (Å²) in [4.78, 5) is 38.9. The van der Waals surface area contributed by atoms with Gasteiger partial charge < -0.3 is 9.84 Å². The van der Waals surface area contributed by atoms with Crippen LogP contribution < -0.4 is 4.74 Å². The second-order valence-corrected chi connectivity index (χ2v) is 10.2. The van der Waals surface area contributed by atoms with E-state index in [0.717, 1.165) is 23.2 Å². The van der Waals surface area contributed by atoms with Crippen LogP contribution in [0.5, 0.6) is 5.75 Å². The zero-order valence-electron chi connectivity index (χ0n) is 20.6. The molecule has 1 aliphatic heterocycles. The highest BCUT2D eigenvalue weighted by Gasteiger charge is 2.29. The molecule has 8 heteroatoms. The molecule has 2 aliphatic rings. The summed E-state index contributed by atoms with van der Waals surface area (Å²) in [7, 11) is 0. The quantitative estimate of drug-likeness (QED) is 0.403. The Morgan fingerprint density at radius 2 is 1.83 bits per heavy atom. The van der Waals surface area contributed by atoms with Gasteiger partial charge in [-0.1, -0.05) is 42.3 Å². The van der Waals surface area contributed by atoms with Crippen molar-refractivity contribution in [1.82, 2.24) is 9.80 Å². The van der Waals surface area contributed by atoms with Crippen LogP contribution in [0.15, 0.2) is 42.5 Å². The number of amides is 2. The van der Waals surface area contributed by atoms with Gasteiger partial charge in [0.15, 0.2) is 0 Å². The van der Waals surface area contributed by atoms with Gasteiger partial charge in [0.05, 0.1) is 13.0 Å². The Labute approximate surface area is 217 Å². The highest BCUT2D eigenvalue weighted by molar-refractivity contribution is 6.30. The topological polar surface area (TPSA) is 87.2 Å². The molecule has 0 spiro atoms. The van der Waals surface area contributed by atoms with Gasteiger partial charge in [0, 0.05) is 37.0 Å². The number of rotatable bonds is 12. The summed E-state index contributed by atoms with van der Waals surface area (Å²) in [5.74, 6) is 0.178. The van der Waals surface area contributed by atoms with Crippen LogP contribution in [-0.4, -0.2) is 52.4 Å². The number of nitrogens with zero attached hydrogens (tertiary/aromatic N) is 2. The van der Waals surface area contributed by atoms with Crippen molar-refractivity contribution < 1.29 is 24.2 Å². The number of hydrogen-bond donors (Lipinski definition) is 1. The fourth-order valence-electron chi connectivity index (χ4n) is 4.94. The minimum atomic E-state index is -0.830. The van der Waals surface area contributed by atoms with Gasteiger partial charge in [0.1, 0.15) is 12.4 Å². The third-order valence-corrected chi connectivity index (χ3v) is 7.39. The van der Waals surface area contributed by atoms with E-state index in [2.05, 4.69) is 11.0 Å². The number of ether oxygens (including phenoxy) is 1. The number of hydrogen-bond acceptors (Lipinski definition) is 5. The molecule has 1 atom stereocenters. The van der Waals surface area contributed by atoms with Crippen molar-refractivity contribution in [3.63, 3.8) is 0 Å². The zero-order chi connectivity index (χ0) is 25.7. The first kappa shape index (κ1) is 26.2. The number of likely N-dealkylation sites (tertiary alicyclic amines) is 1. The first-order valence-corrected chi connectivity index (χ1v) is 12.9. The molecule has 2 fully saturated rings. The molecule has 7 nitrogen and oxygen atoms in total. The number of benzene rings is 2. The van der Waals surface area contributed by atoms with Crippen LogP contribution in [0, 0.1) is 12.8 Å². The van der Waals surface area contributed by atoms with Gasteiger partial charge in [-0.05, 0) is 60.6 Å². The number of carbonyl (C=O) groups is 3. The Bertz CT molecular complexity index is 1080. The van der Waals surface area contributed by atoms with Crippen LogP contribution in [0.1, 0.15) is 61.3 Å². The summed E-state index contributed by atoms with van der Waals surface area (Å²) in [6.07, 6.45) is 4.15. The van der Waals surface area contributed by atoms with Crippen molar-refractivity contribution in [2.45, 2.75) is 58.0 Å². The molecule has 192 valence electrons. The lowest BCUT2D eigenvalue weighted by atomic mass is 9.84. The van der Waals surface area contributed by atoms with E-state index in [0.29, 0.717) is 23.2 Å². The first-order valence-electron chi connectivity index (χ1n) is 12.6. The van der Waals surface area contributed by atoms with Crippen molar-refractivity contribution in [3.05, 3.63) is 64.2 Å². The first-order chi connectivity index (χ1) is 17.3. The predicted octanol–water partition coefficient (Wildman–Crippen LogP) is 4.99. The average Bonchev–Trinajstić information content (AvgIpc) is 3.13. The number of aryl methyl sites for hydroxylation is 1. The average molecular weight is 513 g/mol. The monoisotopic (exact) mass is 512 g/mol. The summed E-state index contributed by atoms with van der Waals surface area (Å²) < 4.78 is 5.88. The molecule has 1 saturated heterocycles. The Balaban J connectivity index is 1.46. The summed E-state index contributed by atoms with van der Waals surface area (Å²) in [5, 5.41) is 10.3. The number of imide groups is 1. The van der Waals surface area contributed by atoms with Gasteiger partial charge >= 0.3 is 5.97 Å². The Morgan fingerprint density at radius 1 is 1.14 bits per heavy atom. The van der Waals surface area contributed by atoms with Gasteiger partial charge in [0.25, 0.3) is 0 Å². The molecular weight excluding hydrogens is 480 g/mol. The maximum Gasteiger partial charge on any atom is 0.305 e. The van der Waals surface area contributed by atoms with Gasteiger partial charge in [-0.15, -0.1) is 0 Å². The molecule has 2 aromatic carbocycles. The predicted molar refractivity (Wildman–Crippen MR) is 137 cm³/mol. The van der Waals surface area contributed by atoms with E-state index in [4.69, 9.17) is 16.3 Å². The van der Waals surface area contributed by atoms with Crippen molar-refractivity contribution in [2.24, 2.45) is 5.92 Å². The normalized spacial score (nSPS) is 16.9. The molecule has 36 heavy (non-hydrogen) atoms. The Kier molecular flexibility index (Phi) is 8.64. The Morgan fingerprint density at radius 3 is 2.42 bits per heavy atom. The number of aliphatic carboxylic acids is 1. The highest BCUT2D eigenvalue weighted by Crippen LogP contribution is 2.34. The molecule has 0 aromatic heterocycles. The van der Waals surface area contributed by atoms with E-state index in [-0.39, 0.29) is 50.3 Å². The maximum atomic E-state index is 11.8. The highest BCUT2D eigenvalue weighted by atomic mass is 35.5. The fraction of sp³-hybridized carbons (Fsp3) is 0.464. The number of carboxylic acids is 1. The zero-order valence-corrected chi connectivity index (χ0v) is 21.4. The molecule has 4 rings (SSSR count). The molecular formula is C28H33ClN2O5. The second kappa shape index (κ2) is 11.9. The molecule has 1 unspecified atom stereocenters. The van der Waals surface area contributed by atoms with Crippen LogP contribution in [0.4, 0.5) is 0 Å². The molecule has 1 N–H and O–H groups in total. The van der Waals surface area contributed by atoms with E-state index in [1.807, 2.05) is 43.3 Å². The van der Waals surface area contributed by atoms with Crippen LogP contribution in [-0.2, 0) is 20.9 Å². The molecule has 2 amide bonds. The smallest absolute Gasteiger partial charge is 0.305 e. The SMILES string of the molecule is Cc1cc(CN(CC2CCC2)C(CC(=O)O)c2ccc(Cl)cc2)ccc1OCCN1C(=O)CCC1=O. The lowest BCUT2D eigenvalue weighted by Gasteiger charge is -2.37. The van der Waals surface area contributed by atoms with Crippen molar-refractivity contribution in [2.75, 3.05) is 19.7 Å². The van der Waals surface area contributed by atoms with Gasteiger partial charge in [-0.2, -0.15) is 0 Å². The lowest BCUT2D eigenvalue weighted by Crippen LogP contribution is -2.36. The van der Waals surface area contributed by atoms with E-state index >= 15 is 0 Å². The van der Waals surface area contributed by atoms with Gasteiger partial charge in [-0.3, -0.25) is 24.2 Å². The third-order valence-electron chi connectivity index (χ3n) is 7.13. The van der Waals surface area contributed by atoms with Crippen LogP contribution in [0.25, 0.3) is 0 Å². The summed E-state index contributed by atoms with van der Waals surface area (Å²) in [5.41, 5.74) is 2.98. The number of halogens is 1. The molecule has 0 radical (unpaired) electrons. The van der Waals surface area contributed by atoms with E-state index in [1.54, 1.807) is 0 Å². The van der Waals surface area contributed by atoms with Crippen LogP contribution >= 0.6 is 11.6 Å². The van der Waals surface area contributed by atoms with Crippen LogP contribution in [0.2, 0.25) is 5.02 Å². The molecule has 0 bridgehead atoms. The summed E-state index contributed by atoms with van der Waals surface area (Å²) >= 11 is 6.09. The minimum absolute atomic E-state index is 0.0163. The third kappa shape index (κ3) is 6.65. The van der Waals surface area contributed by atoms with E-state index in [9.17, 15) is 19.5 Å². The van der Waals surface area contributed by atoms with E-state index < -0.39 is 5.97 Å². The van der Waals surface area contributed by atoms with E-state index in [1.165, 1.54) is 24.2 Å². The minimum Gasteiger partial charge on any atom is -0.491 e. The molecule has 1 aliphatic carbocycles. The molecule has 1 saturated carbocycles. The second-order valence-electron chi connectivity index (χ2n) is 9.78. The molecule has 2 aromatic rings. The summed E-state index contributed by atoms with van der Waals surface area (Å²) in [6, 6.07) is 13.2. The lowest BCUT2D eigenvalue weighted by molar-refractivity contribution is -0.140. The maximum absolute atomic E-state index is 11.8. The summed E-state index contributed by atoms with van der Waals surface area (Å²) in [6.45, 7) is 3.94. The fourth-order valence-corrected chi connectivity index (χ4v) is 5.07.